The Bertz CT molecular complexity index is 1920. The Kier molecular flexibility index (Phi) is 7.09. The Balaban J connectivity index is 1.43. The van der Waals surface area contributed by atoms with Crippen LogP contribution < -0.4 is 10.6 Å². The van der Waals surface area contributed by atoms with Crippen LogP contribution in [0.2, 0.25) is 0 Å². The standard InChI is InChI=1S/C31H27F2N7O2/c1-38(2)14-3-15-39(19-10-12-35-13-11-19)20-4-6-22(26(32)17-20)23-7-8-24-27(18-41)36-40(30(24)29(23)33)21-5-9-28-25(16-21)31(34)37-42-28/h4-13,16-18H,3,14-15H2,1-2H3,(H2,34,37). The predicted molar refractivity (Wildman–Crippen MR) is 158 cm³/mol. The highest BCUT2D eigenvalue weighted by molar-refractivity contribution is 5.99. The monoisotopic (exact) mass is 567 g/mol. The summed E-state index contributed by atoms with van der Waals surface area (Å²) in [5, 5.41) is 8.90. The summed E-state index contributed by atoms with van der Waals surface area (Å²) >= 11 is 0. The molecule has 6 aromatic rings. The van der Waals surface area contributed by atoms with Crippen molar-refractivity contribution in [3.8, 4) is 16.8 Å². The molecule has 212 valence electrons. The lowest BCUT2D eigenvalue weighted by Gasteiger charge is -2.26. The Morgan fingerprint density at radius 3 is 2.45 bits per heavy atom. The average molecular weight is 568 g/mol. The molecule has 9 nitrogen and oxygen atoms in total. The quantitative estimate of drug-likeness (QED) is 0.212. The third-order valence-electron chi connectivity index (χ3n) is 7.17. The lowest BCUT2D eigenvalue weighted by molar-refractivity contribution is 0.112. The lowest BCUT2D eigenvalue weighted by atomic mass is 10.0. The fourth-order valence-electron chi connectivity index (χ4n) is 5.12. The van der Waals surface area contributed by atoms with Crippen molar-refractivity contribution < 1.29 is 18.1 Å². The summed E-state index contributed by atoms with van der Waals surface area (Å²) in [7, 11) is 4.01. The minimum absolute atomic E-state index is 0.0366. The third kappa shape index (κ3) is 4.83. The normalized spacial score (nSPS) is 11.5. The van der Waals surface area contributed by atoms with Crippen LogP contribution in [0.25, 0.3) is 38.7 Å². The Labute approximate surface area is 239 Å². The van der Waals surface area contributed by atoms with Gasteiger partial charge in [-0.05, 0) is 81.7 Å². The van der Waals surface area contributed by atoms with Gasteiger partial charge in [0.15, 0.2) is 23.5 Å². The van der Waals surface area contributed by atoms with Crippen LogP contribution in [0.15, 0.2) is 77.6 Å². The van der Waals surface area contributed by atoms with Crippen molar-refractivity contribution >= 4 is 45.4 Å². The fourth-order valence-corrected chi connectivity index (χ4v) is 5.12. The maximum atomic E-state index is 16.3. The van der Waals surface area contributed by atoms with Crippen LogP contribution in [0, 0.1) is 11.6 Å². The highest BCUT2D eigenvalue weighted by Gasteiger charge is 2.22. The minimum Gasteiger partial charge on any atom is -0.380 e. The van der Waals surface area contributed by atoms with E-state index in [-0.39, 0.29) is 28.2 Å². The molecule has 6 rings (SSSR count). The summed E-state index contributed by atoms with van der Waals surface area (Å²) in [5.74, 6) is -1.13. The first kappa shape index (κ1) is 27.0. The number of nitrogens with zero attached hydrogens (tertiary/aromatic N) is 6. The molecule has 0 amide bonds. The van der Waals surface area contributed by atoms with Gasteiger partial charge in [0.25, 0.3) is 0 Å². The number of halogens is 2. The van der Waals surface area contributed by atoms with E-state index in [0.29, 0.717) is 40.6 Å². The van der Waals surface area contributed by atoms with Crippen LogP contribution in [-0.4, -0.2) is 58.3 Å². The number of benzene rings is 3. The molecule has 3 aromatic heterocycles. The van der Waals surface area contributed by atoms with Gasteiger partial charge in [-0.25, -0.2) is 13.5 Å². The molecule has 0 radical (unpaired) electrons. The maximum absolute atomic E-state index is 16.3. The molecule has 0 aliphatic carbocycles. The summed E-state index contributed by atoms with van der Waals surface area (Å²) in [6.07, 6.45) is 4.79. The molecular formula is C31H27F2N7O2. The molecule has 0 bridgehead atoms. The van der Waals surface area contributed by atoms with E-state index in [4.69, 9.17) is 10.3 Å². The molecule has 3 aromatic carbocycles. The van der Waals surface area contributed by atoms with Crippen LogP contribution in [0.4, 0.5) is 26.0 Å². The van der Waals surface area contributed by atoms with Gasteiger partial charge in [-0.15, -0.1) is 0 Å². The summed E-state index contributed by atoms with van der Waals surface area (Å²) in [6.45, 7) is 1.51. The van der Waals surface area contributed by atoms with Crippen LogP contribution in [0.1, 0.15) is 16.9 Å². The SMILES string of the molecule is CN(C)CCCN(c1ccncc1)c1ccc(-c2ccc3c(C=O)nn(-c4ccc5onc(N)c5c4)c3c2F)c(F)c1. The molecule has 0 unspecified atom stereocenters. The molecule has 11 heteroatoms. The maximum Gasteiger partial charge on any atom is 0.174 e. The predicted octanol–water partition coefficient (Wildman–Crippen LogP) is 5.99. The Morgan fingerprint density at radius 2 is 1.71 bits per heavy atom. The third-order valence-corrected chi connectivity index (χ3v) is 7.17. The molecule has 0 fully saturated rings. The van der Waals surface area contributed by atoms with Crippen molar-refractivity contribution in [1.29, 1.82) is 0 Å². The van der Waals surface area contributed by atoms with Gasteiger partial charge in [-0.2, -0.15) is 5.10 Å². The second kappa shape index (κ2) is 11.0. The van der Waals surface area contributed by atoms with Crippen LogP contribution >= 0.6 is 0 Å². The van der Waals surface area contributed by atoms with Gasteiger partial charge in [-0.1, -0.05) is 11.2 Å². The number of nitrogen functional groups attached to an aromatic ring is 1. The molecule has 0 aliphatic heterocycles. The number of carbonyl (C=O) groups is 1. The second-order valence-corrected chi connectivity index (χ2v) is 10.2. The van der Waals surface area contributed by atoms with Crippen molar-refractivity contribution in [3.63, 3.8) is 0 Å². The number of carbonyl (C=O) groups excluding carboxylic acids is 1. The van der Waals surface area contributed by atoms with E-state index < -0.39 is 11.6 Å². The number of aldehydes is 1. The van der Waals surface area contributed by atoms with Gasteiger partial charge >= 0.3 is 0 Å². The van der Waals surface area contributed by atoms with Crippen molar-refractivity contribution in [2.45, 2.75) is 6.42 Å². The summed E-state index contributed by atoms with van der Waals surface area (Å²) < 4.78 is 38.6. The number of hydrogen-bond donors (Lipinski definition) is 1. The van der Waals surface area contributed by atoms with Crippen LogP contribution in [0.3, 0.4) is 0 Å². The largest absolute Gasteiger partial charge is 0.380 e. The topological polar surface area (TPSA) is 106 Å². The smallest absolute Gasteiger partial charge is 0.174 e. The minimum atomic E-state index is -0.713. The van der Waals surface area contributed by atoms with Gasteiger partial charge < -0.3 is 20.1 Å². The van der Waals surface area contributed by atoms with E-state index in [0.717, 1.165) is 18.7 Å². The number of rotatable bonds is 9. The number of anilines is 3. The van der Waals surface area contributed by atoms with E-state index in [1.165, 1.54) is 16.8 Å². The Morgan fingerprint density at radius 1 is 0.929 bits per heavy atom. The van der Waals surface area contributed by atoms with E-state index in [2.05, 4.69) is 20.1 Å². The molecule has 42 heavy (non-hydrogen) atoms. The van der Waals surface area contributed by atoms with E-state index in [1.807, 2.05) is 31.1 Å². The van der Waals surface area contributed by atoms with E-state index >= 15 is 8.78 Å². The first-order valence-electron chi connectivity index (χ1n) is 13.3. The zero-order valence-corrected chi connectivity index (χ0v) is 23.0. The van der Waals surface area contributed by atoms with Crippen LogP contribution in [-0.2, 0) is 0 Å². The van der Waals surface area contributed by atoms with Crippen molar-refractivity contribution in [2.75, 3.05) is 37.8 Å². The molecular weight excluding hydrogens is 540 g/mol. The first-order chi connectivity index (χ1) is 20.4. The molecule has 0 saturated heterocycles. The number of pyridine rings is 1. The molecule has 3 heterocycles. The van der Waals surface area contributed by atoms with Crippen molar-refractivity contribution in [3.05, 3.63) is 90.4 Å². The van der Waals surface area contributed by atoms with Crippen LogP contribution in [0.5, 0.6) is 0 Å². The second-order valence-electron chi connectivity index (χ2n) is 10.2. The highest BCUT2D eigenvalue weighted by Crippen LogP contribution is 2.36. The van der Waals surface area contributed by atoms with Gasteiger partial charge in [0.05, 0.1) is 11.1 Å². The first-order valence-corrected chi connectivity index (χ1v) is 13.3. The molecule has 0 spiro atoms. The number of nitrogens with two attached hydrogens (primary N) is 1. The number of hydrogen-bond acceptors (Lipinski definition) is 8. The van der Waals surface area contributed by atoms with E-state index in [1.54, 1.807) is 48.8 Å². The van der Waals surface area contributed by atoms with Gasteiger partial charge in [-0.3, -0.25) is 9.78 Å². The highest BCUT2D eigenvalue weighted by atomic mass is 19.1. The average Bonchev–Trinajstić information content (AvgIpc) is 3.56. The van der Waals surface area contributed by atoms with Gasteiger partial charge in [0.1, 0.15) is 17.0 Å². The lowest BCUT2D eigenvalue weighted by Crippen LogP contribution is -2.23. The fraction of sp³-hybridized carbons (Fsp3) is 0.161. The molecule has 2 N–H and O–H groups in total. The summed E-state index contributed by atoms with van der Waals surface area (Å²) in [5.41, 5.74) is 8.52. The van der Waals surface area contributed by atoms with Gasteiger partial charge in [0.2, 0.25) is 0 Å². The molecule has 0 atom stereocenters. The van der Waals surface area contributed by atoms with Crippen molar-refractivity contribution in [2.24, 2.45) is 0 Å². The Hall–Kier alpha value is -5.16. The molecule has 0 aliphatic rings. The molecule has 0 saturated carbocycles. The van der Waals surface area contributed by atoms with Crippen molar-refractivity contribution in [1.82, 2.24) is 24.8 Å². The van der Waals surface area contributed by atoms with Gasteiger partial charge in [0, 0.05) is 46.8 Å². The van der Waals surface area contributed by atoms with E-state index in [9.17, 15) is 4.79 Å². The number of fused-ring (bicyclic) bond motifs is 2. The zero-order chi connectivity index (χ0) is 29.4. The number of aromatic nitrogens is 4. The summed E-state index contributed by atoms with van der Waals surface area (Å²) in [6, 6.07) is 16.5. The summed E-state index contributed by atoms with van der Waals surface area (Å²) in [4.78, 5) is 20.0. The zero-order valence-electron chi connectivity index (χ0n) is 23.0.